The summed E-state index contributed by atoms with van der Waals surface area (Å²) in [6.07, 6.45) is 5.95. The molecule has 1 fully saturated rings. The Morgan fingerprint density at radius 1 is 1.30 bits per heavy atom. The van der Waals surface area contributed by atoms with E-state index < -0.39 is 5.97 Å². The highest BCUT2D eigenvalue weighted by atomic mass is 32.2. The first kappa shape index (κ1) is 21.1. The maximum Gasteiger partial charge on any atom is 0.305 e. The van der Waals surface area contributed by atoms with E-state index in [0.29, 0.717) is 6.61 Å². The molecule has 1 saturated heterocycles. The molecule has 1 N–H and O–H groups in total. The van der Waals surface area contributed by atoms with Crippen molar-refractivity contribution >= 4 is 23.4 Å². The number of pyridine rings is 1. The van der Waals surface area contributed by atoms with Crippen molar-refractivity contribution in [3.8, 4) is 5.75 Å². The van der Waals surface area contributed by atoms with Crippen molar-refractivity contribution in [1.82, 2.24) is 4.98 Å². The van der Waals surface area contributed by atoms with Crippen LogP contribution in [0.25, 0.3) is 0 Å². The van der Waals surface area contributed by atoms with Crippen molar-refractivity contribution in [2.75, 3.05) is 17.7 Å². The molecule has 3 rings (SSSR count). The largest absolute Gasteiger partial charge is 0.489 e. The number of ether oxygens (including phenoxy) is 1. The third kappa shape index (κ3) is 5.89. The topological polar surface area (TPSA) is 62.7 Å². The van der Waals surface area contributed by atoms with Crippen LogP contribution in [-0.4, -0.2) is 34.9 Å². The monoisotopic (exact) mass is 388 g/mol. The smallest absolute Gasteiger partial charge is 0.305 e. The summed E-state index contributed by atoms with van der Waals surface area (Å²) in [5.41, 5.74) is 2.13. The van der Waals surface area contributed by atoms with Gasteiger partial charge in [0.25, 0.3) is 0 Å². The fraction of sp³-hybridized carbons (Fsp3) is 0.429. The molecule has 0 radical (unpaired) electrons. The van der Waals surface area contributed by atoms with Crippen LogP contribution in [0, 0.1) is 0 Å². The number of benzene rings is 1. The normalized spacial score (nSPS) is 15.8. The molecule has 1 atom stereocenters. The summed E-state index contributed by atoms with van der Waals surface area (Å²) < 4.78 is 5.88. The van der Waals surface area contributed by atoms with Crippen LogP contribution in [0.1, 0.15) is 38.7 Å². The second-order valence-corrected chi connectivity index (χ2v) is 6.84. The lowest BCUT2D eigenvalue weighted by atomic mass is 10.1. The molecule has 0 aliphatic carbocycles. The molecule has 1 aliphatic rings. The number of carboxylic acids is 1. The van der Waals surface area contributed by atoms with E-state index in [1.807, 2.05) is 56.5 Å². The van der Waals surface area contributed by atoms with E-state index in [1.165, 1.54) is 0 Å². The van der Waals surface area contributed by atoms with Crippen LogP contribution in [0.15, 0.2) is 47.6 Å². The SMILES string of the molecule is CC.CSc1ncccc1COc1ccc(N2CCCC2CC(=O)O)cc1. The van der Waals surface area contributed by atoms with Crippen LogP contribution in [0.5, 0.6) is 5.75 Å². The predicted octanol–water partition coefficient (Wildman–Crippen LogP) is 4.85. The van der Waals surface area contributed by atoms with Gasteiger partial charge in [-0.2, -0.15) is 0 Å². The van der Waals surface area contributed by atoms with E-state index in [-0.39, 0.29) is 12.5 Å². The van der Waals surface area contributed by atoms with Crippen LogP contribution < -0.4 is 9.64 Å². The van der Waals surface area contributed by atoms with E-state index in [2.05, 4.69) is 9.88 Å². The van der Waals surface area contributed by atoms with E-state index in [0.717, 1.165) is 41.4 Å². The number of carbonyl (C=O) groups is 1. The number of hydrogen-bond acceptors (Lipinski definition) is 5. The zero-order valence-corrected chi connectivity index (χ0v) is 17.0. The first-order valence-corrected chi connectivity index (χ1v) is 10.6. The van der Waals surface area contributed by atoms with Crippen molar-refractivity contribution in [2.45, 2.75) is 50.8 Å². The average Bonchev–Trinajstić information content (AvgIpc) is 3.16. The lowest BCUT2D eigenvalue weighted by Crippen LogP contribution is -2.31. The van der Waals surface area contributed by atoms with Crippen molar-refractivity contribution in [2.24, 2.45) is 0 Å². The number of carboxylic acid groups (broad SMARTS) is 1. The van der Waals surface area contributed by atoms with Crippen LogP contribution in [-0.2, 0) is 11.4 Å². The van der Waals surface area contributed by atoms with E-state index in [9.17, 15) is 4.79 Å². The Morgan fingerprint density at radius 3 is 2.70 bits per heavy atom. The zero-order chi connectivity index (χ0) is 19.6. The van der Waals surface area contributed by atoms with Gasteiger partial charge in [-0.3, -0.25) is 4.79 Å². The highest BCUT2D eigenvalue weighted by molar-refractivity contribution is 7.98. The van der Waals surface area contributed by atoms with Gasteiger partial charge in [0.2, 0.25) is 0 Å². The van der Waals surface area contributed by atoms with Crippen LogP contribution >= 0.6 is 11.8 Å². The summed E-state index contributed by atoms with van der Waals surface area (Å²) in [5, 5.41) is 10.0. The number of nitrogens with zero attached hydrogens (tertiary/aromatic N) is 2. The van der Waals surface area contributed by atoms with E-state index in [1.54, 1.807) is 18.0 Å². The Labute approximate surface area is 165 Å². The van der Waals surface area contributed by atoms with Crippen molar-refractivity contribution in [3.63, 3.8) is 0 Å². The third-order valence-corrected chi connectivity index (χ3v) is 5.15. The van der Waals surface area contributed by atoms with Gasteiger partial charge in [-0.25, -0.2) is 4.98 Å². The minimum absolute atomic E-state index is 0.0869. The maximum absolute atomic E-state index is 11.0. The quantitative estimate of drug-likeness (QED) is 0.684. The summed E-state index contributed by atoms with van der Waals surface area (Å²) in [6.45, 7) is 5.39. The van der Waals surface area contributed by atoms with Gasteiger partial charge in [-0.15, -0.1) is 11.8 Å². The van der Waals surface area contributed by atoms with Gasteiger partial charge in [0.05, 0.1) is 6.42 Å². The molecule has 5 nitrogen and oxygen atoms in total. The van der Waals surface area contributed by atoms with Crippen molar-refractivity contribution < 1.29 is 14.6 Å². The highest BCUT2D eigenvalue weighted by Crippen LogP contribution is 2.29. The van der Waals surface area contributed by atoms with Crippen LogP contribution in [0.2, 0.25) is 0 Å². The molecule has 6 heteroatoms. The minimum Gasteiger partial charge on any atom is -0.489 e. The molecule has 2 aromatic rings. The fourth-order valence-electron chi connectivity index (χ4n) is 3.20. The Balaban J connectivity index is 0.00000126. The molecule has 1 aromatic carbocycles. The Bertz CT molecular complexity index is 722. The van der Waals surface area contributed by atoms with Crippen LogP contribution in [0.3, 0.4) is 0 Å². The molecule has 27 heavy (non-hydrogen) atoms. The Morgan fingerprint density at radius 2 is 2.04 bits per heavy atom. The molecular weight excluding hydrogens is 360 g/mol. The number of hydrogen-bond donors (Lipinski definition) is 1. The van der Waals surface area contributed by atoms with E-state index in [4.69, 9.17) is 9.84 Å². The van der Waals surface area contributed by atoms with Gasteiger partial charge in [0, 0.05) is 30.0 Å². The maximum atomic E-state index is 11.0. The predicted molar refractivity (Wildman–Crippen MR) is 111 cm³/mol. The van der Waals surface area contributed by atoms with Gasteiger partial charge in [0.15, 0.2) is 0 Å². The first-order valence-electron chi connectivity index (χ1n) is 9.36. The second-order valence-electron chi connectivity index (χ2n) is 6.04. The molecule has 2 heterocycles. The van der Waals surface area contributed by atoms with Gasteiger partial charge in [-0.1, -0.05) is 19.9 Å². The Kier molecular flexibility index (Phi) is 8.45. The second kappa shape index (κ2) is 10.8. The van der Waals surface area contributed by atoms with Gasteiger partial charge in [-0.05, 0) is 49.4 Å². The summed E-state index contributed by atoms with van der Waals surface area (Å²) in [6, 6.07) is 11.9. The number of rotatable bonds is 7. The molecule has 1 unspecified atom stereocenters. The van der Waals surface area contributed by atoms with Crippen molar-refractivity contribution in [3.05, 3.63) is 48.2 Å². The lowest BCUT2D eigenvalue weighted by Gasteiger charge is -2.25. The molecule has 146 valence electrons. The molecule has 0 spiro atoms. The summed E-state index contributed by atoms with van der Waals surface area (Å²) in [4.78, 5) is 17.5. The molecule has 0 amide bonds. The summed E-state index contributed by atoms with van der Waals surface area (Å²) >= 11 is 1.61. The number of thioether (sulfide) groups is 1. The zero-order valence-electron chi connectivity index (χ0n) is 16.2. The molecule has 1 aromatic heterocycles. The van der Waals surface area contributed by atoms with Gasteiger partial charge >= 0.3 is 5.97 Å². The summed E-state index contributed by atoms with van der Waals surface area (Å²) in [5.74, 6) is 0.0616. The number of aromatic nitrogens is 1. The number of aliphatic carboxylic acids is 1. The molecule has 0 saturated carbocycles. The van der Waals surface area contributed by atoms with Gasteiger partial charge < -0.3 is 14.7 Å². The van der Waals surface area contributed by atoms with E-state index >= 15 is 0 Å². The minimum atomic E-state index is -0.738. The number of anilines is 1. The first-order chi connectivity index (χ1) is 13.2. The van der Waals surface area contributed by atoms with Gasteiger partial charge in [0.1, 0.15) is 17.4 Å². The average molecular weight is 389 g/mol. The highest BCUT2D eigenvalue weighted by Gasteiger charge is 2.26. The third-order valence-electron chi connectivity index (χ3n) is 4.39. The van der Waals surface area contributed by atoms with Crippen molar-refractivity contribution in [1.29, 1.82) is 0 Å². The molecular formula is C21H28N2O3S. The standard InChI is InChI=1S/C19H22N2O3S.C2H6/c1-25-19-14(4-2-10-20-19)13-24-17-8-6-15(7-9-17)21-11-3-5-16(21)12-18(22)23;1-2/h2,4,6-10,16H,3,5,11-13H2,1H3,(H,22,23);1-2H3. The Hall–Kier alpha value is -2.21. The fourth-order valence-corrected chi connectivity index (χ4v) is 3.76. The molecule has 0 bridgehead atoms. The van der Waals surface area contributed by atoms with Crippen LogP contribution in [0.4, 0.5) is 5.69 Å². The lowest BCUT2D eigenvalue weighted by molar-refractivity contribution is -0.137. The molecule has 1 aliphatic heterocycles. The summed E-state index contributed by atoms with van der Waals surface area (Å²) in [7, 11) is 0.